The fraction of sp³-hybridized carbons (Fsp3) is 0. The van der Waals surface area contributed by atoms with E-state index in [0.29, 0.717) is 5.56 Å². The van der Waals surface area contributed by atoms with Crippen LogP contribution in [-0.4, -0.2) is 9.97 Å². The second-order valence-corrected chi connectivity index (χ2v) is 3.29. The van der Waals surface area contributed by atoms with Crippen molar-refractivity contribution in [1.29, 1.82) is 5.26 Å². The third-order valence-electron chi connectivity index (χ3n) is 2.17. The normalized spacial score (nSPS) is 9.88. The van der Waals surface area contributed by atoms with Gasteiger partial charge in [0.15, 0.2) is 0 Å². The zero-order chi connectivity index (χ0) is 12.4. The molecule has 0 unspecified atom stereocenters. The third kappa shape index (κ3) is 1.99. The molecule has 0 amide bonds. The van der Waals surface area contributed by atoms with Gasteiger partial charge in [0.25, 0.3) is 5.56 Å². The Morgan fingerprint density at radius 2 is 2.00 bits per heavy atom. The SMILES string of the molecule is N#Cc1c(-c2ccc(F)cc2)nc(N)[nH]c1=O. The van der Waals surface area contributed by atoms with Crippen LogP contribution in [0.25, 0.3) is 11.3 Å². The first-order chi connectivity index (χ1) is 8.11. The van der Waals surface area contributed by atoms with E-state index in [0.717, 1.165) is 0 Å². The average molecular weight is 230 g/mol. The standard InChI is InChI=1S/C11H7FN4O/c12-7-3-1-6(2-4-7)9-8(5-13)10(17)16-11(14)15-9/h1-4H,(H3,14,15,16,17). The molecule has 0 fully saturated rings. The number of aromatic amines is 1. The number of benzene rings is 1. The van der Waals surface area contributed by atoms with Gasteiger partial charge in [0.05, 0.1) is 5.69 Å². The number of nitrogens with two attached hydrogens (primary N) is 1. The van der Waals surface area contributed by atoms with Crippen molar-refractivity contribution >= 4 is 5.95 Å². The molecule has 0 radical (unpaired) electrons. The Kier molecular flexibility index (Phi) is 2.58. The molecule has 0 aliphatic heterocycles. The number of H-pyrrole nitrogens is 1. The minimum atomic E-state index is -0.612. The number of hydrogen-bond donors (Lipinski definition) is 2. The van der Waals surface area contributed by atoms with Crippen molar-refractivity contribution in [2.45, 2.75) is 0 Å². The van der Waals surface area contributed by atoms with Gasteiger partial charge in [0, 0.05) is 5.56 Å². The smallest absolute Gasteiger partial charge is 0.270 e. The molecule has 2 rings (SSSR count). The van der Waals surface area contributed by atoms with Crippen molar-refractivity contribution in [1.82, 2.24) is 9.97 Å². The Hall–Kier alpha value is -2.68. The molecule has 2 aromatic rings. The number of nitriles is 1. The molecule has 0 bridgehead atoms. The van der Waals surface area contributed by atoms with E-state index in [1.807, 2.05) is 0 Å². The molecule has 0 aliphatic carbocycles. The molecule has 0 spiro atoms. The molecule has 84 valence electrons. The summed E-state index contributed by atoms with van der Waals surface area (Å²) in [4.78, 5) is 17.6. The first-order valence-corrected chi connectivity index (χ1v) is 4.67. The molecule has 0 atom stereocenters. The number of nitrogens with one attached hydrogen (secondary N) is 1. The predicted octanol–water partition coefficient (Wildman–Crippen LogP) is 1.03. The fourth-order valence-corrected chi connectivity index (χ4v) is 1.41. The van der Waals surface area contributed by atoms with Crippen LogP contribution in [0, 0.1) is 17.1 Å². The number of halogens is 1. The van der Waals surface area contributed by atoms with Crippen LogP contribution in [0.4, 0.5) is 10.3 Å². The second-order valence-electron chi connectivity index (χ2n) is 3.29. The largest absolute Gasteiger partial charge is 0.369 e. The lowest BCUT2D eigenvalue weighted by Gasteiger charge is -2.03. The quantitative estimate of drug-likeness (QED) is 0.764. The molecule has 1 heterocycles. The van der Waals surface area contributed by atoms with Gasteiger partial charge in [-0.1, -0.05) is 0 Å². The Bertz CT molecular complexity index is 655. The lowest BCUT2D eigenvalue weighted by atomic mass is 10.1. The van der Waals surface area contributed by atoms with Gasteiger partial charge in [-0.05, 0) is 24.3 Å². The van der Waals surface area contributed by atoms with Crippen LogP contribution in [0.2, 0.25) is 0 Å². The molecule has 6 heteroatoms. The Morgan fingerprint density at radius 1 is 1.35 bits per heavy atom. The van der Waals surface area contributed by atoms with Gasteiger partial charge >= 0.3 is 0 Å². The van der Waals surface area contributed by atoms with Crippen LogP contribution in [0.3, 0.4) is 0 Å². The summed E-state index contributed by atoms with van der Waals surface area (Å²) in [5.74, 6) is -0.501. The molecule has 0 saturated heterocycles. The van der Waals surface area contributed by atoms with Crippen molar-refractivity contribution in [3.63, 3.8) is 0 Å². The summed E-state index contributed by atoms with van der Waals surface area (Å²) in [5.41, 5.74) is 5.25. The highest BCUT2D eigenvalue weighted by molar-refractivity contribution is 5.66. The van der Waals surface area contributed by atoms with Crippen LogP contribution in [-0.2, 0) is 0 Å². The Labute approximate surface area is 95.4 Å². The Balaban J connectivity index is 2.71. The molecule has 1 aromatic heterocycles. The number of rotatable bonds is 1. The van der Waals surface area contributed by atoms with Crippen molar-refractivity contribution in [3.05, 3.63) is 46.0 Å². The van der Waals surface area contributed by atoms with Crippen molar-refractivity contribution in [2.24, 2.45) is 0 Å². The van der Waals surface area contributed by atoms with Crippen LogP contribution in [0.1, 0.15) is 5.56 Å². The van der Waals surface area contributed by atoms with E-state index >= 15 is 0 Å². The summed E-state index contributed by atoms with van der Waals surface area (Å²) in [6, 6.07) is 7.04. The second kappa shape index (κ2) is 4.06. The summed E-state index contributed by atoms with van der Waals surface area (Å²) in [5, 5.41) is 8.88. The van der Waals surface area contributed by atoms with Crippen molar-refractivity contribution in [2.75, 3.05) is 5.73 Å². The third-order valence-corrected chi connectivity index (χ3v) is 2.17. The lowest BCUT2D eigenvalue weighted by Crippen LogP contribution is -2.16. The van der Waals surface area contributed by atoms with E-state index in [9.17, 15) is 9.18 Å². The minimum Gasteiger partial charge on any atom is -0.369 e. The molecule has 1 aromatic carbocycles. The summed E-state index contributed by atoms with van der Waals surface area (Å²) in [7, 11) is 0. The van der Waals surface area contributed by atoms with Gasteiger partial charge in [0.1, 0.15) is 17.4 Å². The van der Waals surface area contributed by atoms with E-state index in [2.05, 4.69) is 9.97 Å². The zero-order valence-electron chi connectivity index (χ0n) is 8.57. The topological polar surface area (TPSA) is 95.6 Å². The molecular weight excluding hydrogens is 223 g/mol. The molecule has 0 saturated carbocycles. The average Bonchev–Trinajstić information content (AvgIpc) is 2.29. The highest BCUT2D eigenvalue weighted by atomic mass is 19.1. The fourth-order valence-electron chi connectivity index (χ4n) is 1.41. The summed E-state index contributed by atoms with van der Waals surface area (Å²) >= 11 is 0. The predicted molar refractivity (Wildman–Crippen MR) is 59.4 cm³/mol. The van der Waals surface area contributed by atoms with E-state index in [1.54, 1.807) is 6.07 Å². The molecule has 3 N–H and O–H groups in total. The minimum absolute atomic E-state index is 0.0895. The first kappa shape index (κ1) is 10.8. The van der Waals surface area contributed by atoms with Gasteiger partial charge in [-0.25, -0.2) is 9.37 Å². The summed E-state index contributed by atoms with van der Waals surface area (Å²) in [6.45, 7) is 0. The van der Waals surface area contributed by atoms with E-state index < -0.39 is 11.4 Å². The van der Waals surface area contributed by atoms with Gasteiger partial charge < -0.3 is 5.73 Å². The molecule has 17 heavy (non-hydrogen) atoms. The number of nitrogen functional groups attached to an aromatic ring is 1. The molecule has 5 nitrogen and oxygen atoms in total. The molecule has 0 aliphatic rings. The van der Waals surface area contributed by atoms with Gasteiger partial charge in [-0.2, -0.15) is 5.26 Å². The van der Waals surface area contributed by atoms with Gasteiger partial charge in [-0.3, -0.25) is 9.78 Å². The number of anilines is 1. The maximum Gasteiger partial charge on any atom is 0.270 e. The zero-order valence-corrected chi connectivity index (χ0v) is 8.57. The monoisotopic (exact) mass is 230 g/mol. The van der Waals surface area contributed by atoms with E-state index in [4.69, 9.17) is 11.0 Å². The van der Waals surface area contributed by atoms with E-state index in [-0.39, 0.29) is 17.2 Å². The van der Waals surface area contributed by atoms with Gasteiger partial charge in [-0.15, -0.1) is 0 Å². The van der Waals surface area contributed by atoms with Crippen molar-refractivity contribution in [3.8, 4) is 17.3 Å². The number of nitrogens with zero attached hydrogens (tertiary/aromatic N) is 2. The summed E-state index contributed by atoms with van der Waals surface area (Å²) in [6.07, 6.45) is 0. The van der Waals surface area contributed by atoms with Crippen LogP contribution in [0.5, 0.6) is 0 Å². The van der Waals surface area contributed by atoms with Crippen LogP contribution >= 0.6 is 0 Å². The molecular formula is C11H7FN4O. The summed E-state index contributed by atoms with van der Waals surface area (Å²) < 4.78 is 12.8. The number of hydrogen-bond acceptors (Lipinski definition) is 4. The first-order valence-electron chi connectivity index (χ1n) is 4.67. The highest BCUT2D eigenvalue weighted by Crippen LogP contribution is 2.19. The highest BCUT2D eigenvalue weighted by Gasteiger charge is 2.11. The number of aromatic nitrogens is 2. The van der Waals surface area contributed by atoms with Crippen LogP contribution in [0.15, 0.2) is 29.1 Å². The van der Waals surface area contributed by atoms with Crippen LogP contribution < -0.4 is 11.3 Å². The van der Waals surface area contributed by atoms with Gasteiger partial charge in [0.2, 0.25) is 5.95 Å². The van der Waals surface area contributed by atoms with E-state index in [1.165, 1.54) is 24.3 Å². The Morgan fingerprint density at radius 3 is 2.59 bits per heavy atom. The maximum absolute atomic E-state index is 12.8. The lowest BCUT2D eigenvalue weighted by molar-refractivity contribution is 0.628. The maximum atomic E-state index is 12.8. The van der Waals surface area contributed by atoms with Crippen molar-refractivity contribution < 1.29 is 4.39 Å².